The third-order valence-corrected chi connectivity index (χ3v) is 5.39. The summed E-state index contributed by atoms with van der Waals surface area (Å²) >= 11 is 1.28. The number of carbonyl (C=O) groups is 1. The van der Waals surface area contributed by atoms with E-state index in [1.807, 2.05) is 28.7 Å². The Labute approximate surface area is 161 Å². The van der Waals surface area contributed by atoms with Gasteiger partial charge in [-0.3, -0.25) is 18.6 Å². The summed E-state index contributed by atoms with van der Waals surface area (Å²) in [6.45, 7) is 6.62. The number of nitrogens with zero attached hydrogens (tertiary/aromatic N) is 4. The summed E-state index contributed by atoms with van der Waals surface area (Å²) in [6, 6.07) is 7.43. The van der Waals surface area contributed by atoms with Crippen LogP contribution in [0.25, 0.3) is 16.7 Å². The van der Waals surface area contributed by atoms with E-state index in [4.69, 9.17) is 4.74 Å². The molecule has 0 N–H and O–H groups in total. The van der Waals surface area contributed by atoms with Gasteiger partial charge in [0.05, 0.1) is 17.5 Å². The molecule has 144 valence electrons. The number of unbranched alkanes of at least 4 members (excludes halogenated alkanes) is 2. The lowest BCUT2D eigenvalue weighted by Gasteiger charge is -2.12. The Kier molecular flexibility index (Phi) is 6.15. The lowest BCUT2D eigenvalue weighted by atomic mass is 10.2. The number of para-hydroxylation sites is 1. The van der Waals surface area contributed by atoms with Crippen molar-refractivity contribution in [1.82, 2.24) is 19.2 Å². The van der Waals surface area contributed by atoms with Gasteiger partial charge in [0.15, 0.2) is 5.16 Å². The van der Waals surface area contributed by atoms with Gasteiger partial charge < -0.3 is 4.74 Å². The molecular formula is C19H24N4O3S. The molecule has 0 saturated heterocycles. The molecule has 0 bridgehead atoms. The molecule has 0 spiro atoms. The predicted molar refractivity (Wildman–Crippen MR) is 106 cm³/mol. The zero-order valence-electron chi connectivity index (χ0n) is 15.8. The van der Waals surface area contributed by atoms with Crippen molar-refractivity contribution in [2.45, 2.75) is 57.0 Å². The Balaban J connectivity index is 2.12. The number of hydrogen-bond acceptors (Lipinski definition) is 6. The van der Waals surface area contributed by atoms with Crippen LogP contribution in [0, 0.1) is 0 Å². The van der Waals surface area contributed by atoms with Crippen molar-refractivity contribution in [2.24, 2.45) is 0 Å². The van der Waals surface area contributed by atoms with E-state index in [1.54, 1.807) is 18.4 Å². The molecule has 8 heteroatoms. The Morgan fingerprint density at radius 3 is 2.74 bits per heavy atom. The normalized spacial score (nSPS) is 12.6. The second kappa shape index (κ2) is 8.56. The van der Waals surface area contributed by atoms with E-state index in [1.165, 1.54) is 11.8 Å². The van der Waals surface area contributed by atoms with E-state index in [-0.39, 0.29) is 11.5 Å². The number of aromatic nitrogens is 4. The van der Waals surface area contributed by atoms with Gasteiger partial charge >= 0.3 is 5.97 Å². The van der Waals surface area contributed by atoms with Crippen molar-refractivity contribution in [3.63, 3.8) is 0 Å². The first-order valence-corrected chi connectivity index (χ1v) is 10.2. The molecule has 1 unspecified atom stereocenters. The number of carbonyl (C=O) groups excluding carboxylic acids is 1. The summed E-state index contributed by atoms with van der Waals surface area (Å²) in [5.74, 6) is 0.216. The van der Waals surface area contributed by atoms with Crippen LogP contribution in [0.15, 0.2) is 34.2 Å². The molecule has 3 rings (SSSR count). The first kappa shape index (κ1) is 19.4. The van der Waals surface area contributed by atoms with Crippen LogP contribution >= 0.6 is 11.8 Å². The number of hydrogen-bond donors (Lipinski definition) is 0. The van der Waals surface area contributed by atoms with Crippen LogP contribution in [0.4, 0.5) is 0 Å². The van der Waals surface area contributed by atoms with Crippen LogP contribution in [0.2, 0.25) is 0 Å². The molecule has 1 aromatic carbocycles. The minimum atomic E-state index is -0.420. The average Bonchev–Trinajstić information content (AvgIpc) is 3.08. The Bertz CT molecular complexity index is 1010. The van der Waals surface area contributed by atoms with E-state index >= 15 is 0 Å². The van der Waals surface area contributed by atoms with Gasteiger partial charge in [0.1, 0.15) is 5.25 Å². The van der Waals surface area contributed by atoms with Gasteiger partial charge in [-0.1, -0.05) is 43.7 Å². The van der Waals surface area contributed by atoms with E-state index in [0.717, 1.165) is 24.8 Å². The second-order valence-electron chi connectivity index (χ2n) is 6.31. The molecule has 27 heavy (non-hydrogen) atoms. The van der Waals surface area contributed by atoms with Crippen molar-refractivity contribution >= 4 is 34.4 Å². The molecule has 2 aromatic heterocycles. The van der Waals surface area contributed by atoms with E-state index < -0.39 is 5.25 Å². The van der Waals surface area contributed by atoms with Crippen LogP contribution in [0.3, 0.4) is 0 Å². The van der Waals surface area contributed by atoms with Crippen LogP contribution in [0.5, 0.6) is 0 Å². The van der Waals surface area contributed by atoms with Crippen LogP contribution in [-0.2, 0) is 16.1 Å². The third-order valence-electron chi connectivity index (χ3n) is 4.36. The standard InChI is InChI=1S/C19H24N4O3S/c1-4-6-9-12-22-16(24)14-10-7-8-11-15(14)23-18(22)20-21-19(23)27-13(3)17(25)26-5-2/h7-8,10-11,13H,4-6,9,12H2,1-3H3. The molecule has 0 saturated carbocycles. The van der Waals surface area contributed by atoms with Crippen molar-refractivity contribution in [3.8, 4) is 0 Å². The lowest BCUT2D eigenvalue weighted by Crippen LogP contribution is -2.23. The maximum Gasteiger partial charge on any atom is 0.319 e. The zero-order valence-corrected chi connectivity index (χ0v) is 16.7. The maximum absolute atomic E-state index is 13.0. The second-order valence-corrected chi connectivity index (χ2v) is 7.62. The quantitative estimate of drug-likeness (QED) is 0.335. The highest BCUT2D eigenvalue weighted by molar-refractivity contribution is 8.00. The highest BCUT2D eigenvalue weighted by Crippen LogP contribution is 2.25. The molecule has 0 radical (unpaired) electrons. The largest absolute Gasteiger partial charge is 0.465 e. The fourth-order valence-corrected chi connectivity index (χ4v) is 3.85. The van der Waals surface area contributed by atoms with Crippen molar-refractivity contribution in [2.75, 3.05) is 6.61 Å². The summed E-state index contributed by atoms with van der Waals surface area (Å²) < 4.78 is 8.64. The first-order valence-electron chi connectivity index (χ1n) is 9.28. The summed E-state index contributed by atoms with van der Waals surface area (Å²) in [6.07, 6.45) is 3.02. The van der Waals surface area contributed by atoms with Crippen LogP contribution in [-0.4, -0.2) is 37.0 Å². The molecule has 0 amide bonds. The van der Waals surface area contributed by atoms with Crippen molar-refractivity contribution in [3.05, 3.63) is 34.6 Å². The molecule has 1 atom stereocenters. The van der Waals surface area contributed by atoms with Crippen molar-refractivity contribution < 1.29 is 9.53 Å². The number of ether oxygens (including phenoxy) is 1. The number of aryl methyl sites for hydroxylation is 1. The summed E-state index contributed by atoms with van der Waals surface area (Å²) in [4.78, 5) is 25.0. The van der Waals surface area contributed by atoms with Crippen molar-refractivity contribution in [1.29, 1.82) is 0 Å². The fourth-order valence-electron chi connectivity index (χ4n) is 3.00. The van der Waals surface area contributed by atoms with Gasteiger partial charge in [-0.2, -0.15) is 0 Å². The minimum absolute atomic E-state index is 0.0587. The molecule has 3 aromatic rings. The number of benzene rings is 1. The van der Waals surface area contributed by atoms with E-state index in [9.17, 15) is 9.59 Å². The summed E-state index contributed by atoms with van der Waals surface area (Å²) in [7, 11) is 0. The molecule has 0 aliphatic rings. The topological polar surface area (TPSA) is 78.5 Å². The SMILES string of the molecule is CCCCCn1c(=O)c2ccccc2n2c(SC(C)C(=O)OCC)nnc12. The van der Waals surface area contributed by atoms with Crippen LogP contribution in [0.1, 0.15) is 40.0 Å². The Hall–Kier alpha value is -2.35. The van der Waals surface area contributed by atoms with Gasteiger partial charge in [0, 0.05) is 6.54 Å². The fraction of sp³-hybridized carbons (Fsp3) is 0.474. The summed E-state index contributed by atoms with van der Waals surface area (Å²) in [5, 5.41) is 9.31. The highest BCUT2D eigenvalue weighted by atomic mass is 32.2. The van der Waals surface area contributed by atoms with Gasteiger partial charge in [-0.15, -0.1) is 10.2 Å². The summed E-state index contributed by atoms with van der Waals surface area (Å²) in [5.41, 5.74) is 0.685. The predicted octanol–water partition coefficient (Wildman–Crippen LogP) is 3.28. The third kappa shape index (κ3) is 3.85. The number of fused-ring (bicyclic) bond motifs is 3. The zero-order chi connectivity index (χ0) is 19.4. The number of esters is 1. The minimum Gasteiger partial charge on any atom is -0.465 e. The highest BCUT2D eigenvalue weighted by Gasteiger charge is 2.22. The van der Waals surface area contributed by atoms with Gasteiger partial charge in [-0.05, 0) is 32.4 Å². The smallest absolute Gasteiger partial charge is 0.319 e. The Morgan fingerprint density at radius 2 is 2.00 bits per heavy atom. The van der Waals surface area contributed by atoms with E-state index in [2.05, 4.69) is 17.1 Å². The molecular weight excluding hydrogens is 364 g/mol. The number of thioether (sulfide) groups is 1. The first-order chi connectivity index (χ1) is 13.1. The monoisotopic (exact) mass is 388 g/mol. The number of rotatable bonds is 8. The maximum atomic E-state index is 13.0. The van der Waals surface area contributed by atoms with Gasteiger partial charge in [-0.25, -0.2) is 0 Å². The van der Waals surface area contributed by atoms with E-state index in [0.29, 0.717) is 29.5 Å². The van der Waals surface area contributed by atoms with Gasteiger partial charge in [0.2, 0.25) is 5.78 Å². The molecule has 7 nitrogen and oxygen atoms in total. The Morgan fingerprint density at radius 1 is 1.22 bits per heavy atom. The lowest BCUT2D eigenvalue weighted by molar-refractivity contribution is -0.142. The molecule has 0 fully saturated rings. The molecule has 0 aliphatic heterocycles. The van der Waals surface area contributed by atoms with Gasteiger partial charge in [0.25, 0.3) is 5.56 Å². The van der Waals surface area contributed by atoms with Crippen LogP contribution < -0.4 is 5.56 Å². The molecule has 2 heterocycles. The molecule has 0 aliphatic carbocycles. The average molecular weight is 388 g/mol.